The number of aromatic nitrogens is 4. The fourth-order valence-electron chi connectivity index (χ4n) is 3.24. The summed E-state index contributed by atoms with van der Waals surface area (Å²) in [6, 6.07) is 0. The Morgan fingerprint density at radius 1 is 1.35 bits per heavy atom. The predicted molar refractivity (Wildman–Crippen MR) is 89.4 cm³/mol. The molecule has 1 atom stereocenters. The Morgan fingerprint density at radius 3 is 2.74 bits per heavy atom. The van der Waals surface area contributed by atoms with E-state index in [4.69, 9.17) is 0 Å². The molecular formula is C16H21N5OS. The van der Waals surface area contributed by atoms with Gasteiger partial charge >= 0.3 is 0 Å². The second-order valence-corrected chi connectivity index (χ2v) is 7.38. The van der Waals surface area contributed by atoms with Gasteiger partial charge in [0.1, 0.15) is 5.03 Å². The molecule has 1 aliphatic rings. The van der Waals surface area contributed by atoms with Crippen LogP contribution in [0, 0.1) is 5.41 Å². The van der Waals surface area contributed by atoms with Gasteiger partial charge in [0.05, 0.1) is 6.20 Å². The fraction of sp³-hybridized carbons (Fsp3) is 0.500. The second-order valence-electron chi connectivity index (χ2n) is 6.59. The van der Waals surface area contributed by atoms with Crippen molar-refractivity contribution in [1.82, 2.24) is 24.6 Å². The molecule has 2 aromatic heterocycles. The van der Waals surface area contributed by atoms with Crippen LogP contribution in [0.4, 0.5) is 0 Å². The summed E-state index contributed by atoms with van der Waals surface area (Å²) < 4.78 is 1.81. The summed E-state index contributed by atoms with van der Waals surface area (Å²) >= 11 is 1.45. The first kappa shape index (κ1) is 16.0. The van der Waals surface area contributed by atoms with Crippen molar-refractivity contribution in [2.75, 3.05) is 19.3 Å². The summed E-state index contributed by atoms with van der Waals surface area (Å²) in [5.41, 5.74) is 1.63. The van der Waals surface area contributed by atoms with Crippen molar-refractivity contribution in [1.29, 1.82) is 0 Å². The number of thioether (sulfide) groups is 1. The van der Waals surface area contributed by atoms with E-state index in [1.54, 1.807) is 12.4 Å². The zero-order chi connectivity index (χ0) is 16.6. The van der Waals surface area contributed by atoms with Gasteiger partial charge in [-0.3, -0.25) is 9.48 Å². The van der Waals surface area contributed by atoms with Crippen molar-refractivity contribution < 1.29 is 4.79 Å². The summed E-state index contributed by atoms with van der Waals surface area (Å²) in [7, 11) is 1.92. The van der Waals surface area contributed by atoms with Gasteiger partial charge in [0.15, 0.2) is 5.69 Å². The maximum atomic E-state index is 12.9. The van der Waals surface area contributed by atoms with Crippen LogP contribution in [0.3, 0.4) is 0 Å². The van der Waals surface area contributed by atoms with Crippen LogP contribution in [-0.2, 0) is 7.05 Å². The van der Waals surface area contributed by atoms with Crippen molar-refractivity contribution in [3.05, 3.63) is 36.0 Å². The van der Waals surface area contributed by atoms with E-state index in [9.17, 15) is 4.79 Å². The van der Waals surface area contributed by atoms with Gasteiger partial charge in [-0.2, -0.15) is 5.10 Å². The fourth-order valence-corrected chi connectivity index (χ4v) is 3.74. The summed E-state index contributed by atoms with van der Waals surface area (Å²) in [6.45, 7) is 5.78. The van der Waals surface area contributed by atoms with Crippen LogP contribution < -0.4 is 0 Å². The molecule has 3 rings (SSSR count). The van der Waals surface area contributed by atoms with Crippen LogP contribution in [0.1, 0.15) is 35.8 Å². The molecule has 1 amide bonds. The number of amides is 1. The average molecular weight is 331 g/mol. The third-order valence-electron chi connectivity index (χ3n) is 4.42. The zero-order valence-electron chi connectivity index (χ0n) is 13.9. The SMILES string of the molecule is CSc1nccnc1C(=O)N1CC(c2cnn(C)c2)C(C)(C)C1. The molecule has 2 aromatic rings. The van der Waals surface area contributed by atoms with Crippen LogP contribution in [0.2, 0.25) is 0 Å². The van der Waals surface area contributed by atoms with E-state index in [1.165, 1.54) is 17.3 Å². The first-order valence-electron chi connectivity index (χ1n) is 7.55. The van der Waals surface area contributed by atoms with E-state index in [2.05, 4.69) is 28.9 Å². The van der Waals surface area contributed by atoms with Gasteiger partial charge in [0, 0.05) is 44.6 Å². The number of carbonyl (C=O) groups is 1. The third kappa shape index (κ3) is 2.97. The first-order chi connectivity index (χ1) is 10.9. The average Bonchev–Trinajstić information content (AvgIpc) is 3.09. The van der Waals surface area contributed by atoms with Crippen LogP contribution >= 0.6 is 11.8 Å². The summed E-state index contributed by atoms with van der Waals surface area (Å²) in [5, 5.41) is 4.95. The molecule has 1 aliphatic heterocycles. The molecule has 0 N–H and O–H groups in total. The third-order valence-corrected chi connectivity index (χ3v) is 5.11. The van der Waals surface area contributed by atoms with E-state index < -0.39 is 0 Å². The molecule has 1 unspecified atom stereocenters. The summed E-state index contributed by atoms with van der Waals surface area (Å²) in [6.07, 6.45) is 9.04. The Bertz CT molecular complexity index is 727. The molecule has 0 aliphatic carbocycles. The van der Waals surface area contributed by atoms with E-state index in [0.29, 0.717) is 23.8 Å². The lowest BCUT2D eigenvalue weighted by atomic mass is 9.79. The van der Waals surface area contributed by atoms with Crippen molar-refractivity contribution >= 4 is 17.7 Å². The number of aryl methyl sites for hydroxylation is 1. The maximum absolute atomic E-state index is 12.9. The van der Waals surface area contributed by atoms with Gasteiger partial charge in [0.2, 0.25) is 0 Å². The number of nitrogens with zero attached hydrogens (tertiary/aromatic N) is 5. The lowest BCUT2D eigenvalue weighted by molar-refractivity contribution is 0.0767. The van der Waals surface area contributed by atoms with Gasteiger partial charge < -0.3 is 4.90 Å². The molecule has 7 heteroatoms. The standard InChI is InChI=1S/C16H21N5OS/c1-16(2)10-21(9-12(16)11-7-19-20(3)8-11)15(22)13-14(23-4)18-6-5-17-13/h5-8,12H,9-10H2,1-4H3. The topological polar surface area (TPSA) is 63.9 Å². The normalized spacial score (nSPS) is 20.0. The van der Waals surface area contributed by atoms with Crippen molar-refractivity contribution in [3.8, 4) is 0 Å². The minimum atomic E-state index is -0.0399. The van der Waals surface area contributed by atoms with Crippen LogP contribution in [0.25, 0.3) is 0 Å². The second kappa shape index (κ2) is 5.96. The molecular weight excluding hydrogens is 310 g/mol. The first-order valence-corrected chi connectivity index (χ1v) is 8.77. The lowest BCUT2D eigenvalue weighted by Crippen LogP contribution is -2.31. The molecule has 6 nitrogen and oxygen atoms in total. The van der Waals surface area contributed by atoms with Crippen LogP contribution in [0.15, 0.2) is 29.8 Å². The molecule has 122 valence electrons. The minimum absolute atomic E-state index is 0.000420. The molecule has 1 fully saturated rings. The smallest absolute Gasteiger partial charge is 0.275 e. The molecule has 1 saturated heterocycles. The van der Waals surface area contributed by atoms with E-state index in [0.717, 1.165) is 0 Å². The number of likely N-dealkylation sites (tertiary alicyclic amines) is 1. The van der Waals surface area contributed by atoms with Crippen LogP contribution in [-0.4, -0.2) is 49.9 Å². The van der Waals surface area contributed by atoms with Crippen LogP contribution in [0.5, 0.6) is 0 Å². The maximum Gasteiger partial charge on any atom is 0.275 e. The van der Waals surface area contributed by atoms with Gasteiger partial charge in [-0.25, -0.2) is 9.97 Å². The molecule has 0 bridgehead atoms. The quantitative estimate of drug-likeness (QED) is 0.807. The van der Waals surface area contributed by atoms with Gasteiger partial charge in [0.25, 0.3) is 5.91 Å². The summed E-state index contributed by atoms with van der Waals surface area (Å²) in [5.74, 6) is 0.233. The number of rotatable bonds is 3. The largest absolute Gasteiger partial charge is 0.336 e. The highest BCUT2D eigenvalue weighted by Gasteiger charge is 2.43. The van der Waals surface area contributed by atoms with Crippen molar-refractivity contribution in [2.24, 2.45) is 12.5 Å². The Balaban J connectivity index is 1.86. The highest BCUT2D eigenvalue weighted by molar-refractivity contribution is 7.98. The molecule has 0 spiro atoms. The Hall–Kier alpha value is -1.89. The van der Waals surface area contributed by atoms with Crippen molar-refractivity contribution in [2.45, 2.75) is 24.8 Å². The van der Waals surface area contributed by atoms with E-state index in [1.807, 2.05) is 35.3 Å². The predicted octanol–water partition coefficient (Wildman–Crippen LogP) is 2.20. The van der Waals surface area contributed by atoms with Gasteiger partial charge in [-0.05, 0) is 17.2 Å². The van der Waals surface area contributed by atoms with E-state index >= 15 is 0 Å². The zero-order valence-corrected chi connectivity index (χ0v) is 14.7. The van der Waals surface area contributed by atoms with E-state index in [-0.39, 0.29) is 17.2 Å². The molecule has 3 heterocycles. The summed E-state index contributed by atoms with van der Waals surface area (Å²) in [4.78, 5) is 23.3. The highest BCUT2D eigenvalue weighted by atomic mass is 32.2. The van der Waals surface area contributed by atoms with Gasteiger partial charge in [-0.1, -0.05) is 13.8 Å². The Morgan fingerprint density at radius 2 is 2.09 bits per heavy atom. The lowest BCUT2D eigenvalue weighted by Gasteiger charge is -2.24. The van der Waals surface area contributed by atoms with Gasteiger partial charge in [-0.15, -0.1) is 11.8 Å². The minimum Gasteiger partial charge on any atom is -0.336 e. The molecule has 0 aromatic carbocycles. The highest BCUT2D eigenvalue weighted by Crippen LogP contribution is 2.42. The monoisotopic (exact) mass is 331 g/mol. The molecule has 0 saturated carbocycles. The molecule has 23 heavy (non-hydrogen) atoms. The Labute approximate surface area is 140 Å². The number of hydrogen-bond acceptors (Lipinski definition) is 5. The van der Waals surface area contributed by atoms with Crippen molar-refractivity contribution in [3.63, 3.8) is 0 Å². The number of carbonyl (C=O) groups excluding carboxylic acids is 1. The molecule has 0 radical (unpaired) electrons. The Kier molecular flexibility index (Phi) is 4.14. The number of hydrogen-bond donors (Lipinski definition) is 0.